The van der Waals surface area contributed by atoms with Crippen LogP contribution in [-0.4, -0.2) is 53.5 Å². The number of anilines is 2. The van der Waals surface area contributed by atoms with Crippen molar-refractivity contribution in [1.29, 1.82) is 0 Å². The van der Waals surface area contributed by atoms with Gasteiger partial charge >= 0.3 is 0 Å². The highest BCUT2D eigenvalue weighted by Gasteiger charge is 2.41. The van der Waals surface area contributed by atoms with Gasteiger partial charge in [-0.15, -0.1) is 10.2 Å². The van der Waals surface area contributed by atoms with Crippen molar-refractivity contribution in [2.45, 2.75) is 26.4 Å². The number of hydrogen-bond acceptors (Lipinski definition) is 8. The summed E-state index contributed by atoms with van der Waals surface area (Å²) in [6.45, 7) is 9.08. The first-order chi connectivity index (χ1) is 12.1. The lowest BCUT2D eigenvalue weighted by Gasteiger charge is -2.22. The second-order valence-electron chi connectivity index (χ2n) is 7.20. The number of fused-ring (bicyclic) bond motifs is 1. The largest absolute Gasteiger partial charge is 0.377 e. The van der Waals surface area contributed by atoms with Gasteiger partial charge in [0.05, 0.1) is 0 Å². The van der Waals surface area contributed by atoms with E-state index >= 15 is 0 Å². The maximum Gasteiger partial charge on any atom is 0.208 e. The van der Waals surface area contributed by atoms with E-state index in [-0.39, 0.29) is 0 Å². The van der Waals surface area contributed by atoms with Crippen molar-refractivity contribution in [1.82, 2.24) is 20.2 Å². The average molecular weight is 360 g/mol. The van der Waals surface area contributed by atoms with Crippen molar-refractivity contribution in [2.24, 2.45) is 11.8 Å². The zero-order valence-corrected chi connectivity index (χ0v) is 15.7. The summed E-state index contributed by atoms with van der Waals surface area (Å²) in [5, 5.41) is 10.5. The third-order valence-electron chi connectivity index (χ3n) is 5.07. The molecule has 4 rings (SSSR count). The van der Waals surface area contributed by atoms with Crippen LogP contribution in [0.2, 0.25) is 0 Å². The third-order valence-corrected chi connectivity index (χ3v) is 6.03. The molecule has 8 heteroatoms. The maximum atomic E-state index is 5.14. The Bertz CT molecular complexity index is 721. The van der Waals surface area contributed by atoms with Gasteiger partial charge in [-0.1, -0.05) is 25.2 Å². The standard InChI is InChI=1S/C17H24N6OS/c1-11(2)14-4-15(19-10-18-14)22-5-12-7-23(8-13(12)6-22)17-21-20-16(25-17)9-24-3/h4,10-13H,5-9H2,1-3H3. The molecule has 25 heavy (non-hydrogen) atoms. The Hall–Kier alpha value is -1.80. The Morgan fingerprint density at radius 2 is 1.84 bits per heavy atom. The topological polar surface area (TPSA) is 67.3 Å². The van der Waals surface area contributed by atoms with Gasteiger partial charge in [-0.05, 0) is 5.92 Å². The van der Waals surface area contributed by atoms with Crippen LogP contribution in [0.15, 0.2) is 12.4 Å². The summed E-state index contributed by atoms with van der Waals surface area (Å²) in [6, 6.07) is 2.14. The van der Waals surface area contributed by atoms with Gasteiger partial charge in [-0.25, -0.2) is 9.97 Å². The Labute approximate surface area is 152 Å². The van der Waals surface area contributed by atoms with Gasteiger partial charge in [0.1, 0.15) is 23.8 Å². The minimum atomic E-state index is 0.429. The Morgan fingerprint density at radius 3 is 2.52 bits per heavy atom. The van der Waals surface area contributed by atoms with Crippen molar-refractivity contribution in [2.75, 3.05) is 43.1 Å². The molecule has 0 aromatic carbocycles. The van der Waals surface area contributed by atoms with Crippen LogP contribution >= 0.6 is 11.3 Å². The van der Waals surface area contributed by atoms with Crippen LogP contribution < -0.4 is 9.80 Å². The molecule has 2 atom stereocenters. The van der Waals surface area contributed by atoms with Crippen LogP contribution in [0.5, 0.6) is 0 Å². The van der Waals surface area contributed by atoms with Crippen LogP contribution in [0.25, 0.3) is 0 Å². The Balaban J connectivity index is 1.41. The van der Waals surface area contributed by atoms with E-state index in [0.717, 1.165) is 47.8 Å². The van der Waals surface area contributed by atoms with E-state index in [0.29, 0.717) is 24.4 Å². The molecular formula is C17H24N6OS. The molecule has 0 bridgehead atoms. The van der Waals surface area contributed by atoms with Gasteiger partial charge in [-0.3, -0.25) is 0 Å². The second-order valence-corrected chi connectivity index (χ2v) is 8.24. The molecule has 0 N–H and O–H groups in total. The number of nitrogens with zero attached hydrogens (tertiary/aromatic N) is 6. The SMILES string of the molecule is COCc1nnc(N2CC3CN(c4cc(C(C)C)ncn4)CC3C2)s1. The van der Waals surface area contributed by atoms with E-state index in [1.165, 1.54) is 0 Å². The first-order valence-corrected chi connectivity index (χ1v) is 9.59. The molecule has 4 heterocycles. The average Bonchev–Trinajstić information content (AvgIpc) is 3.29. The maximum absolute atomic E-state index is 5.14. The summed E-state index contributed by atoms with van der Waals surface area (Å²) >= 11 is 1.64. The van der Waals surface area contributed by atoms with Gasteiger partial charge in [0.15, 0.2) is 0 Å². The lowest BCUT2D eigenvalue weighted by molar-refractivity contribution is 0.184. The fourth-order valence-corrected chi connectivity index (χ4v) is 4.57. The van der Waals surface area contributed by atoms with E-state index in [9.17, 15) is 0 Å². The predicted octanol–water partition coefficient (Wildman–Crippen LogP) is 2.17. The van der Waals surface area contributed by atoms with Crippen LogP contribution in [-0.2, 0) is 11.3 Å². The molecule has 0 spiro atoms. The second kappa shape index (κ2) is 6.84. The minimum Gasteiger partial charge on any atom is -0.377 e. The summed E-state index contributed by atoms with van der Waals surface area (Å²) < 4.78 is 5.14. The highest BCUT2D eigenvalue weighted by atomic mass is 32.1. The van der Waals surface area contributed by atoms with Crippen molar-refractivity contribution in [3.63, 3.8) is 0 Å². The van der Waals surface area contributed by atoms with Gasteiger partial charge in [0, 0.05) is 56.9 Å². The Morgan fingerprint density at radius 1 is 1.12 bits per heavy atom. The van der Waals surface area contributed by atoms with Gasteiger partial charge in [0.25, 0.3) is 0 Å². The Kier molecular flexibility index (Phi) is 4.56. The van der Waals surface area contributed by atoms with E-state index in [2.05, 4.69) is 49.9 Å². The van der Waals surface area contributed by atoms with Crippen molar-refractivity contribution in [3.8, 4) is 0 Å². The van der Waals surface area contributed by atoms with Gasteiger partial charge < -0.3 is 14.5 Å². The molecule has 2 fully saturated rings. The van der Waals surface area contributed by atoms with Crippen molar-refractivity contribution >= 4 is 22.3 Å². The molecule has 0 saturated carbocycles. The molecule has 7 nitrogen and oxygen atoms in total. The number of hydrogen-bond donors (Lipinski definition) is 0. The summed E-state index contributed by atoms with van der Waals surface area (Å²) in [6.07, 6.45) is 1.70. The monoisotopic (exact) mass is 360 g/mol. The van der Waals surface area contributed by atoms with Crippen LogP contribution in [0.3, 0.4) is 0 Å². The normalized spacial score (nSPS) is 22.9. The van der Waals surface area contributed by atoms with Crippen LogP contribution in [0.1, 0.15) is 30.5 Å². The van der Waals surface area contributed by atoms with E-state index in [1.54, 1.807) is 24.8 Å². The number of ether oxygens (including phenoxy) is 1. The van der Waals surface area contributed by atoms with E-state index in [1.807, 2.05) is 0 Å². The zero-order chi connectivity index (χ0) is 17.4. The molecule has 134 valence electrons. The molecule has 2 saturated heterocycles. The predicted molar refractivity (Wildman–Crippen MR) is 98.1 cm³/mol. The third kappa shape index (κ3) is 3.32. The summed E-state index contributed by atoms with van der Waals surface area (Å²) in [5.74, 6) is 2.82. The molecular weight excluding hydrogens is 336 g/mol. The summed E-state index contributed by atoms with van der Waals surface area (Å²) in [7, 11) is 1.69. The fraction of sp³-hybridized carbons (Fsp3) is 0.647. The van der Waals surface area contributed by atoms with Crippen LogP contribution in [0, 0.1) is 11.8 Å². The molecule has 0 aliphatic carbocycles. The first kappa shape index (κ1) is 16.7. The number of methoxy groups -OCH3 is 1. The molecule has 2 aromatic heterocycles. The molecule has 0 amide bonds. The minimum absolute atomic E-state index is 0.429. The molecule has 2 aromatic rings. The fourth-order valence-electron chi connectivity index (χ4n) is 3.74. The quantitative estimate of drug-likeness (QED) is 0.809. The highest BCUT2D eigenvalue weighted by molar-refractivity contribution is 7.15. The first-order valence-electron chi connectivity index (χ1n) is 8.77. The van der Waals surface area contributed by atoms with Crippen molar-refractivity contribution < 1.29 is 4.74 Å². The van der Waals surface area contributed by atoms with Gasteiger partial charge in [0.2, 0.25) is 5.13 Å². The number of aromatic nitrogens is 4. The summed E-state index contributed by atoms with van der Waals surface area (Å²) in [4.78, 5) is 13.7. The van der Waals surface area contributed by atoms with Crippen LogP contribution in [0.4, 0.5) is 10.9 Å². The highest BCUT2D eigenvalue weighted by Crippen LogP contribution is 2.36. The smallest absolute Gasteiger partial charge is 0.208 e. The molecule has 0 radical (unpaired) electrons. The zero-order valence-electron chi connectivity index (χ0n) is 14.9. The lowest BCUT2D eigenvalue weighted by Crippen LogP contribution is -2.29. The molecule has 2 unspecified atom stereocenters. The molecule has 2 aliphatic heterocycles. The van der Waals surface area contributed by atoms with E-state index in [4.69, 9.17) is 4.74 Å². The van der Waals surface area contributed by atoms with Gasteiger partial charge in [-0.2, -0.15) is 0 Å². The van der Waals surface area contributed by atoms with E-state index < -0.39 is 0 Å². The lowest BCUT2D eigenvalue weighted by atomic mass is 10.0. The number of rotatable bonds is 5. The summed E-state index contributed by atoms with van der Waals surface area (Å²) in [5.41, 5.74) is 1.11. The molecule has 2 aliphatic rings. The van der Waals surface area contributed by atoms with Crippen molar-refractivity contribution in [3.05, 3.63) is 23.1 Å².